The topological polar surface area (TPSA) is 72.0 Å². The molecule has 3 N–H and O–H groups in total. The Morgan fingerprint density at radius 2 is 2.33 bits per heavy atom. The van der Waals surface area contributed by atoms with Gasteiger partial charge in [-0.1, -0.05) is 6.92 Å². The molecule has 64 valence electrons. The molecule has 2 atom stereocenters. The van der Waals surface area contributed by atoms with Crippen molar-refractivity contribution < 1.29 is 5.11 Å². The van der Waals surface area contributed by atoms with E-state index in [-0.39, 0.29) is 5.92 Å². The second-order valence-corrected chi connectivity index (χ2v) is 3.21. The van der Waals surface area contributed by atoms with Crippen LogP contribution in [0.5, 0.6) is 0 Å². The molecule has 0 saturated heterocycles. The van der Waals surface area contributed by atoms with Gasteiger partial charge in [-0.05, 0) is 12.3 Å². The molecule has 1 heterocycles. The van der Waals surface area contributed by atoms with Gasteiger partial charge >= 0.3 is 0 Å². The maximum absolute atomic E-state index is 9.53. The van der Waals surface area contributed by atoms with Gasteiger partial charge in [-0.2, -0.15) is 0 Å². The Hall–Kier alpha value is -1.16. The van der Waals surface area contributed by atoms with Crippen molar-refractivity contribution in [1.82, 2.24) is 9.97 Å². The number of aliphatic hydroxyl groups excluding tert-OH is 1. The van der Waals surface area contributed by atoms with Gasteiger partial charge in [0, 0.05) is 5.56 Å². The number of nitrogen functional groups attached to an aromatic ring is 1. The SMILES string of the molecule is CC1C[C@H](O)c2ncnc(N)c21. The van der Waals surface area contributed by atoms with E-state index in [4.69, 9.17) is 5.73 Å². The lowest BCUT2D eigenvalue weighted by Crippen LogP contribution is -2.01. The van der Waals surface area contributed by atoms with Gasteiger partial charge in [0.25, 0.3) is 0 Å². The number of hydrogen-bond acceptors (Lipinski definition) is 4. The second kappa shape index (κ2) is 2.42. The average molecular weight is 165 g/mol. The molecule has 1 unspecified atom stereocenters. The highest BCUT2D eigenvalue weighted by Gasteiger charge is 2.30. The second-order valence-electron chi connectivity index (χ2n) is 3.21. The number of nitrogens with zero attached hydrogens (tertiary/aromatic N) is 2. The molecule has 4 nitrogen and oxygen atoms in total. The molecule has 12 heavy (non-hydrogen) atoms. The first-order valence-electron chi connectivity index (χ1n) is 3.98. The number of fused-ring (bicyclic) bond motifs is 1. The van der Waals surface area contributed by atoms with Crippen LogP contribution in [0.15, 0.2) is 6.33 Å². The summed E-state index contributed by atoms with van der Waals surface area (Å²) in [5, 5.41) is 9.53. The fraction of sp³-hybridized carbons (Fsp3) is 0.500. The van der Waals surface area contributed by atoms with Crippen LogP contribution >= 0.6 is 0 Å². The van der Waals surface area contributed by atoms with Crippen molar-refractivity contribution in [2.45, 2.75) is 25.4 Å². The summed E-state index contributed by atoms with van der Waals surface area (Å²) in [5.74, 6) is 0.778. The number of aliphatic hydroxyl groups is 1. The normalized spacial score (nSPS) is 27.2. The first-order valence-corrected chi connectivity index (χ1v) is 3.98. The molecule has 0 aliphatic heterocycles. The zero-order valence-corrected chi connectivity index (χ0v) is 6.86. The summed E-state index contributed by atoms with van der Waals surface area (Å²) in [4.78, 5) is 7.90. The molecule has 0 aromatic carbocycles. The van der Waals surface area contributed by atoms with Crippen LogP contribution in [0, 0.1) is 0 Å². The van der Waals surface area contributed by atoms with Crippen molar-refractivity contribution in [3.8, 4) is 0 Å². The highest BCUT2D eigenvalue weighted by Crippen LogP contribution is 2.40. The minimum absolute atomic E-state index is 0.274. The van der Waals surface area contributed by atoms with Gasteiger partial charge < -0.3 is 10.8 Å². The summed E-state index contributed by atoms with van der Waals surface area (Å²) in [5.41, 5.74) is 7.29. The van der Waals surface area contributed by atoms with E-state index >= 15 is 0 Å². The predicted octanol–water partition coefficient (Wildman–Crippen LogP) is 0.599. The summed E-state index contributed by atoms with van der Waals surface area (Å²) < 4.78 is 0. The van der Waals surface area contributed by atoms with E-state index in [1.807, 2.05) is 6.92 Å². The molecular formula is C8H11N3O. The molecule has 0 fully saturated rings. The zero-order valence-electron chi connectivity index (χ0n) is 6.86. The van der Waals surface area contributed by atoms with Gasteiger partial charge in [0.05, 0.1) is 11.8 Å². The third-order valence-electron chi connectivity index (χ3n) is 2.33. The third kappa shape index (κ3) is 0.881. The van der Waals surface area contributed by atoms with Gasteiger partial charge in [0.15, 0.2) is 0 Å². The van der Waals surface area contributed by atoms with Crippen molar-refractivity contribution in [2.75, 3.05) is 5.73 Å². The Morgan fingerprint density at radius 1 is 1.58 bits per heavy atom. The van der Waals surface area contributed by atoms with Crippen LogP contribution in [0.4, 0.5) is 5.82 Å². The highest BCUT2D eigenvalue weighted by molar-refractivity contribution is 5.47. The quantitative estimate of drug-likeness (QED) is 0.590. The van der Waals surface area contributed by atoms with Crippen molar-refractivity contribution in [1.29, 1.82) is 0 Å². The van der Waals surface area contributed by atoms with Crippen LogP contribution in [-0.2, 0) is 0 Å². The molecule has 4 heteroatoms. The molecule has 0 radical (unpaired) electrons. The predicted molar refractivity (Wildman–Crippen MR) is 44.4 cm³/mol. The Morgan fingerprint density at radius 3 is 3.00 bits per heavy atom. The summed E-state index contributed by atoms with van der Waals surface area (Å²) in [6.07, 6.45) is 1.65. The molecule has 0 saturated carbocycles. The zero-order chi connectivity index (χ0) is 8.72. The lowest BCUT2D eigenvalue weighted by Gasteiger charge is -2.04. The molecule has 1 aliphatic rings. The lowest BCUT2D eigenvalue weighted by molar-refractivity contribution is 0.170. The summed E-state index contributed by atoms with van der Waals surface area (Å²) >= 11 is 0. The van der Waals surface area contributed by atoms with E-state index in [9.17, 15) is 5.11 Å². The number of hydrogen-bond donors (Lipinski definition) is 2. The van der Waals surface area contributed by atoms with Crippen LogP contribution in [0.3, 0.4) is 0 Å². The molecule has 1 aromatic rings. The van der Waals surface area contributed by atoms with Crippen LogP contribution in [0.25, 0.3) is 0 Å². The van der Waals surface area contributed by atoms with Crippen LogP contribution in [-0.4, -0.2) is 15.1 Å². The van der Waals surface area contributed by atoms with E-state index < -0.39 is 6.10 Å². The molecule has 0 amide bonds. The fourth-order valence-corrected chi connectivity index (χ4v) is 1.76. The van der Waals surface area contributed by atoms with Crippen LogP contribution in [0.1, 0.15) is 36.6 Å². The van der Waals surface area contributed by atoms with E-state index in [0.717, 1.165) is 5.56 Å². The van der Waals surface area contributed by atoms with E-state index in [0.29, 0.717) is 17.9 Å². The Kier molecular flexibility index (Phi) is 1.51. The molecule has 0 spiro atoms. The summed E-state index contributed by atoms with van der Waals surface area (Å²) in [6, 6.07) is 0. The number of nitrogens with two attached hydrogens (primary N) is 1. The Bertz CT molecular complexity index is 313. The Labute approximate surface area is 70.5 Å². The number of rotatable bonds is 0. The monoisotopic (exact) mass is 165 g/mol. The van der Waals surface area contributed by atoms with Crippen molar-refractivity contribution in [2.24, 2.45) is 0 Å². The maximum atomic E-state index is 9.53. The number of aromatic nitrogens is 2. The third-order valence-corrected chi connectivity index (χ3v) is 2.33. The smallest absolute Gasteiger partial charge is 0.130 e. The highest BCUT2D eigenvalue weighted by atomic mass is 16.3. The largest absolute Gasteiger partial charge is 0.387 e. The van der Waals surface area contributed by atoms with E-state index in [1.54, 1.807) is 0 Å². The van der Waals surface area contributed by atoms with Crippen molar-refractivity contribution in [3.05, 3.63) is 17.6 Å². The first-order chi connectivity index (χ1) is 5.70. The van der Waals surface area contributed by atoms with Gasteiger partial charge in [0.1, 0.15) is 12.1 Å². The average Bonchev–Trinajstić information content (AvgIpc) is 2.29. The minimum Gasteiger partial charge on any atom is -0.387 e. The van der Waals surface area contributed by atoms with Gasteiger partial charge in [-0.3, -0.25) is 0 Å². The van der Waals surface area contributed by atoms with Crippen LogP contribution < -0.4 is 5.73 Å². The van der Waals surface area contributed by atoms with Crippen molar-refractivity contribution >= 4 is 5.82 Å². The number of anilines is 1. The van der Waals surface area contributed by atoms with E-state index in [2.05, 4.69) is 9.97 Å². The van der Waals surface area contributed by atoms with Gasteiger partial charge in [-0.15, -0.1) is 0 Å². The fourth-order valence-electron chi connectivity index (χ4n) is 1.76. The molecular weight excluding hydrogens is 154 g/mol. The summed E-state index contributed by atoms with van der Waals surface area (Å²) in [6.45, 7) is 2.02. The standard InChI is InChI=1S/C8H11N3O/c1-4-2-5(12)7-6(4)8(9)11-3-10-7/h3-5,12H,2H2,1H3,(H2,9,10,11)/t4?,5-/m0/s1. The molecule has 1 aromatic heterocycles. The first kappa shape index (κ1) is 7.49. The lowest BCUT2D eigenvalue weighted by atomic mass is 10.1. The van der Waals surface area contributed by atoms with Crippen molar-refractivity contribution in [3.63, 3.8) is 0 Å². The van der Waals surface area contributed by atoms with Gasteiger partial charge in [0.2, 0.25) is 0 Å². The van der Waals surface area contributed by atoms with E-state index in [1.165, 1.54) is 6.33 Å². The van der Waals surface area contributed by atoms with Crippen LogP contribution in [0.2, 0.25) is 0 Å². The minimum atomic E-state index is -0.458. The Balaban J connectivity index is 2.59. The molecule has 0 bridgehead atoms. The molecule has 1 aliphatic carbocycles. The molecule has 2 rings (SSSR count). The van der Waals surface area contributed by atoms with Gasteiger partial charge in [-0.25, -0.2) is 9.97 Å². The maximum Gasteiger partial charge on any atom is 0.130 e. The summed E-state index contributed by atoms with van der Waals surface area (Å²) in [7, 11) is 0.